The van der Waals surface area contributed by atoms with Crippen molar-refractivity contribution in [2.75, 3.05) is 0 Å². The van der Waals surface area contributed by atoms with Gasteiger partial charge in [-0.1, -0.05) is 0 Å². The van der Waals surface area contributed by atoms with Crippen LogP contribution in [0.4, 0.5) is 4.79 Å². The summed E-state index contributed by atoms with van der Waals surface area (Å²) in [4.78, 5) is 38.7. The Morgan fingerprint density at radius 3 is 2.48 bits per heavy atom. The molecule has 8 heteroatoms. The first kappa shape index (κ1) is 17.1. The van der Waals surface area contributed by atoms with Crippen LogP contribution in [0, 0.1) is 0 Å². The van der Waals surface area contributed by atoms with Crippen molar-refractivity contribution in [1.29, 1.82) is 0 Å². The van der Waals surface area contributed by atoms with E-state index >= 15 is 0 Å². The van der Waals surface area contributed by atoms with E-state index in [-0.39, 0.29) is 11.6 Å². The molecule has 1 atom stereocenters. The van der Waals surface area contributed by atoms with E-state index in [0.717, 1.165) is 0 Å². The van der Waals surface area contributed by atoms with Gasteiger partial charge in [0.15, 0.2) is 6.10 Å². The van der Waals surface area contributed by atoms with E-state index in [1.165, 1.54) is 25.4 Å². The molecule has 114 valence electrons. The summed E-state index contributed by atoms with van der Waals surface area (Å²) in [5.74, 6) is -1.40. The maximum absolute atomic E-state index is 11.8. The molecule has 1 heterocycles. The van der Waals surface area contributed by atoms with Crippen molar-refractivity contribution in [3.63, 3.8) is 0 Å². The van der Waals surface area contributed by atoms with E-state index in [4.69, 9.17) is 4.74 Å². The van der Waals surface area contributed by atoms with Gasteiger partial charge in [0.1, 0.15) is 0 Å². The molecular formula is C13H16BrN3O4. The topological polar surface area (TPSA) is 97.4 Å². The highest BCUT2D eigenvalue weighted by Crippen LogP contribution is 2.11. The number of nitrogens with one attached hydrogen (secondary N) is 2. The number of pyridine rings is 1. The third-order valence-corrected chi connectivity index (χ3v) is 2.68. The Morgan fingerprint density at radius 1 is 1.24 bits per heavy atom. The predicted molar refractivity (Wildman–Crippen MR) is 78.6 cm³/mol. The van der Waals surface area contributed by atoms with Crippen molar-refractivity contribution in [2.45, 2.75) is 32.9 Å². The molecule has 0 aliphatic carbocycles. The molecular weight excluding hydrogens is 342 g/mol. The molecule has 1 rings (SSSR count). The fraction of sp³-hybridized carbons (Fsp3) is 0.385. The van der Waals surface area contributed by atoms with Gasteiger partial charge in [0, 0.05) is 22.9 Å². The van der Waals surface area contributed by atoms with Crippen LogP contribution < -0.4 is 10.6 Å². The Balaban J connectivity index is 2.56. The summed E-state index contributed by atoms with van der Waals surface area (Å²) in [6.07, 6.45) is 1.74. The molecule has 2 N–H and O–H groups in total. The van der Waals surface area contributed by atoms with Crippen LogP contribution in [0.15, 0.2) is 22.9 Å². The fourth-order valence-corrected chi connectivity index (χ4v) is 1.68. The van der Waals surface area contributed by atoms with Crippen molar-refractivity contribution in [3.8, 4) is 0 Å². The zero-order valence-electron chi connectivity index (χ0n) is 11.8. The standard InChI is InChI=1S/C13H16BrN3O4/c1-7(2)16-13(20)17-11(18)8(3)21-12(19)9-4-10(14)6-15-5-9/h4-8H,1-3H3,(H2,16,17,18,20). The highest BCUT2D eigenvalue weighted by atomic mass is 79.9. The van der Waals surface area contributed by atoms with Gasteiger partial charge in [-0.2, -0.15) is 0 Å². The second kappa shape index (κ2) is 7.72. The highest BCUT2D eigenvalue weighted by molar-refractivity contribution is 9.10. The van der Waals surface area contributed by atoms with Gasteiger partial charge in [-0.25, -0.2) is 9.59 Å². The second-order valence-electron chi connectivity index (χ2n) is 4.56. The van der Waals surface area contributed by atoms with E-state index in [2.05, 4.69) is 31.5 Å². The molecule has 7 nitrogen and oxygen atoms in total. The number of rotatable bonds is 4. The molecule has 1 unspecified atom stereocenters. The first-order valence-corrected chi connectivity index (χ1v) is 7.01. The minimum absolute atomic E-state index is 0.108. The minimum Gasteiger partial charge on any atom is -0.449 e. The van der Waals surface area contributed by atoms with Crippen molar-refractivity contribution in [3.05, 3.63) is 28.5 Å². The summed E-state index contributed by atoms with van der Waals surface area (Å²) in [5.41, 5.74) is 0.204. The molecule has 0 aromatic carbocycles. The number of hydrogen-bond acceptors (Lipinski definition) is 5. The van der Waals surface area contributed by atoms with Gasteiger partial charge < -0.3 is 10.1 Å². The van der Waals surface area contributed by atoms with Gasteiger partial charge in [-0.15, -0.1) is 0 Å². The zero-order valence-corrected chi connectivity index (χ0v) is 13.4. The molecule has 0 aliphatic heterocycles. The molecule has 1 aromatic rings. The Bertz CT molecular complexity index is 548. The lowest BCUT2D eigenvalue weighted by atomic mass is 10.3. The molecule has 0 saturated carbocycles. The molecule has 0 aliphatic rings. The Kier molecular flexibility index (Phi) is 6.29. The lowest BCUT2D eigenvalue weighted by Crippen LogP contribution is -2.46. The molecule has 0 spiro atoms. The van der Waals surface area contributed by atoms with Gasteiger partial charge in [0.05, 0.1) is 5.56 Å². The van der Waals surface area contributed by atoms with Gasteiger partial charge in [0.2, 0.25) is 0 Å². The molecule has 0 fully saturated rings. The maximum atomic E-state index is 11.8. The number of esters is 1. The lowest BCUT2D eigenvalue weighted by Gasteiger charge is -2.14. The number of imide groups is 1. The number of hydrogen-bond donors (Lipinski definition) is 2. The summed E-state index contributed by atoms with van der Waals surface area (Å²) in [5, 5.41) is 4.58. The lowest BCUT2D eigenvalue weighted by molar-refractivity contribution is -0.127. The molecule has 0 bridgehead atoms. The van der Waals surface area contributed by atoms with Gasteiger partial charge in [0.25, 0.3) is 5.91 Å². The minimum atomic E-state index is -1.10. The van der Waals surface area contributed by atoms with Gasteiger partial charge in [-0.05, 0) is 42.8 Å². The average molecular weight is 358 g/mol. The summed E-state index contributed by atoms with van der Waals surface area (Å²) in [6, 6.07) is 0.774. The highest BCUT2D eigenvalue weighted by Gasteiger charge is 2.21. The van der Waals surface area contributed by atoms with Crippen molar-refractivity contribution < 1.29 is 19.1 Å². The first-order valence-electron chi connectivity index (χ1n) is 6.22. The van der Waals surface area contributed by atoms with Crippen molar-refractivity contribution in [1.82, 2.24) is 15.6 Å². The van der Waals surface area contributed by atoms with E-state index in [9.17, 15) is 14.4 Å². The first-order chi connectivity index (χ1) is 9.79. The summed E-state index contributed by atoms with van der Waals surface area (Å²) in [6.45, 7) is 4.89. The molecule has 0 radical (unpaired) electrons. The van der Waals surface area contributed by atoms with Crippen LogP contribution >= 0.6 is 15.9 Å². The third kappa shape index (κ3) is 5.90. The van der Waals surface area contributed by atoms with E-state index in [1.807, 2.05) is 0 Å². The largest absolute Gasteiger partial charge is 0.449 e. The zero-order chi connectivity index (χ0) is 16.0. The molecule has 3 amide bonds. The van der Waals surface area contributed by atoms with Crippen LogP contribution in [-0.4, -0.2) is 35.0 Å². The number of carbonyl (C=O) groups is 3. The number of aromatic nitrogens is 1. The number of ether oxygens (including phenoxy) is 1. The Morgan fingerprint density at radius 2 is 1.90 bits per heavy atom. The van der Waals surface area contributed by atoms with Crippen LogP contribution in [-0.2, 0) is 9.53 Å². The van der Waals surface area contributed by atoms with E-state index in [1.54, 1.807) is 13.8 Å². The number of halogens is 1. The van der Waals surface area contributed by atoms with Gasteiger partial charge >= 0.3 is 12.0 Å². The van der Waals surface area contributed by atoms with Crippen LogP contribution in [0.2, 0.25) is 0 Å². The molecule has 0 saturated heterocycles. The normalized spacial score (nSPS) is 11.7. The predicted octanol–water partition coefficient (Wildman–Crippen LogP) is 1.62. The van der Waals surface area contributed by atoms with Crippen LogP contribution in [0.1, 0.15) is 31.1 Å². The average Bonchev–Trinajstić information content (AvgIpc) is 2.37. The van der Waals surface area contributed by atoms with E-state index in [0.29, 0.717) is 4.47 Å². The Labute approximate surface area is 130 Å². The Hall–Kier alpha value is -1.96. The third-order valence-electron chi connectivity index (χ3n) is 2.25. The molecule has 21 heavy (non-hydrogen) atoms. The SMILES string of the molecule is CC(C)NC(=O)NC(=O)C(C)OC(=O)c1cncc(Br)c1. The fourth-order valence-electron chi connectivity index (χ4n) is 1.32. The van der Waals surface area contributed by atoms with Crippen LogP contribution in [0.25, 0.3) is 0 Å². The van der Waals surface area contributed by atoms with Crippen LogP contribution in [0.5, 0.6) is 0 Å². The summed E-state index contributed by atoms with van der Waals surface area (Å²) >= 11 is 3.18. The van der Waals surface area contributed by atoms with Gasteiger partial charge in [-0.3, -0.25) is 15.1 Å². The molecule has 1 aromatic heterocycles. The monoisotopic (exact) mass is 357 g/mol. The number of urea groups is 1. The van der Waals surface area contributed by atoms with Crippen LogP contribution in [0.3, 0.4) is 0 Å². The van der Waals surface area contributed by atoms with E-state index < -0.39 is 24.0 Å². The van der Waals surface area contributed by atoms with Crippen molar-refractivity contribution in [2.24, 2.45) is 0 Å². The second-order valence-corrected chi connectivity index (χ2v) is 5.47. The number of amides is 3. The number of nitrogens with zero attached hydrogens (tertiary/aromatic N) is 1. The van der Waals surface area contributed by atoms with Crippen molar-refractivity contribution >= 4 is 33.8 Å². The summed E-state index contributed by atoms with van der Waals surface area (Å²) in [7, 11) is 0. The quantitative estimate of drug-likeness (QED) is 0.798. The maximum Gasteiger partial charge on any atom is 0.340 e. The number of carbonyl (C=O) groups excluding carboxylic acids is 3. The summed E-state index contributed by atoms with van der Waals surface area (Å²) < 4.78 is 5.58. The smallest absolute Gasteiger partial charge is 0.340 e.